The Morgan fingerprint density at radius 3 is 2.17 bits per heavy atom. The van der Waals surface area contributed by atoms with Gasteiger partial charge in [0.1, 0.15) is 0 Å². The molecule has 0 radical (unpaired) electrons. The van der Waals surface area contributed by atoms with Crippen molar-refractivity contribution in [3.8, 4) is 0 Å². The minimum Gasteiger partial charge on any atom is -0.330 e. The Labute approximate surface area is 177 Å². The van der Waals surface area contributed by atoms with Gasteiger partial charge in [-0.25, -0.2) is 17.9 Å². The summed E-state index contributed by atoms with van der Waals surface area (Å²) in [7, 11) is -3.73. The van der Waals surface area contributed by atoms with Gasteiger partial charge in [-0.2, -0.15) is 0 Å². The lowest BCUT2D eigenvalue weighted by Crippen LogP contribution is -2.39. The number of aryl methyl sites for hydroxylation is 2. The smallest absolute Gasteiger partial charge is 0.319 e. The highest BCUT2D eigenvalue weighted by atomic mass is 32.2. The zero-order valence-electron chi connectivity index (χ0n) is 16.9. The van der Waals surface area contributed by atoms with Crippen LogP contribution in [0.3, 0.4) is 0 Å². The molecule has 3 rings (SSSR count). The Morgan fingerprint density at radius 2 is 1.53 bits per heavy atom. The SMILES string of the molecule is Cc1ccc(S(=O)(=O)NCC(NC(=O)Nc2ccccc2)c2ccccc2)c(C)c1. The first-order valence-electron chi connectivity index (χ1n) is 9.59. The van der Waals surface area contributed by atoms with Crippen LogP contribution < -0.4 is 15.4 Å². The van der Waals surface area contributed by atoms with E-state index in [1.165, 1.54) is 0 Å². The third-order valence-corrected chi connectivity index (χ3v) is 6.22. The fraction of sp³-hybridized carbons (Fsp3) is 0.174. The maximum Gasteiger partial charge on any atom is 0.319 e. The molecule has 3 aromatic rings. The van der Waals surface area contributed by atoms with Gasteiger partial charge in [0.25, 0.3) is 0 Å². The number of hydrogen-bond donors (Lipinski definition) is 3. The fourth-order valence-corrected chi connectivity index (χ4v) is 4.43. The van der Waals surface area contributed by atoms with Gasteiger partial charge < -0.3 is 10.6 Å². The minimum atomic E-state index is -3.73. The molecule has 0 saturated carbocycles. The molecule has 3 N–H and O–H groups in total. The van der Waals surface area contributed by atoms with Gasteiger partial charge in [-0.05, 0) is 43.2 Å². The van der Waals surface area contributed by atoms with E-state index in [2.05, 4.69) is 15.4 Å². The van der Waals surface area contributed by atoms with Crippen molar-refractivity contribution in [3.63, 3.8) is 0 Å². The van der Waals surface area contributed by atoms with E-state index in [0.29, 0.717) is 11.3 Å². The van der Waals surface area contributed by atoms with Gasteiger partial charge in [0.15, 0.2) is 0 Å². The summed E-state index contributed by atoms with van der Waals surface area (Å²) in [6, 6.07) is 22.5. The van der Waals surface area contributed by atoms with Crippen LogP contribution in [0.1, 0.15) is 22.7 Å². The van der Waals surface area contributed by atoms with Gasteiger partial charge >= 0.3 is 6.03 Å². The van der Waals surface area contributed by atoms with Crippen LogP contribution in [0.25, 0.3) is 0 Å². The molecule has 2 amide bonds. The first-order chi connectivity index (χ1) is 14.3. The third-order valence-electron chi connectivity index (χ3n) is 4.64. The lowest BCUT2D eigenvalue weighted by molar-refractivity contribution is 0.248. The summed E-state index contributed by atoms with van der Waals surface area (Å²) in [5.41, 5.74) is 3.11. The Hall–Kier alpha value is -3.16. The molecule has 0 aliphatic rings. The Kier molecular flexibility index (Phi) is 6.87. The number of urea groups is 1. The first-order valence-corrected chi connectivity index (χ1v) is 11.1. The average molecular weight is 424 g/mol. The molecule has 1 unspecified atom stereocenters. The van der Waals surface area contributed by atoms with Crippen molar-refractivity contribution in [2.24, 2.45) is 0 Å². The molecule has 3 aromatic carbocycles. The molecule has 6 nitrogen and oxygen atoms in total. The summed E-state index contributed by atoms with van der Waals surface area (Å²) in [6.07, 6.45) is 0. The van der Waals surface area contributed by atoms with Crippen molar-refractivity contribution in [2.75, 3.05) is 11.9 Å². The van der Waals surface area contributed by atoms with Crippen LogP contribution in [0.5, 0.6) is 0 Å². The van der Waals surface area contributed by atoms with E-state index in [1.807, 2.05) is 61.5 Å². The minimum absolute atomic E-state index is 0.0157. The maximum absolute atomic E-state index is 12.8. The molecule has 1 atom stereocenters. The van der Waals surface area contributed by atoms with E-state index in [1.54, 1.807) is 31.2 Å². The molecule has 0 saturated heterocycles. The lowest BCUT2D eigenvalue weighted by Gasteiger charge is -2.21. The molecule has 0 aliphatic carbocycles. The van der Waals surface area contributed by atoms with Crippen molar-refractivity contribution in [1.82, 2.24) is 10.0 Å². The van der Waals surface area contributed by atoms with Crippen LogP contribution >= 0.6 is 0 Å². The van der Waals surface area contributed by atoms with Crippen molar-refractivity contribution in [2.45, 2.75) is 24.8 Å². The van der Waals surface area contributed by atoms with E-state index in [9.17, 15) is 13.2 Å². The number of para-hydroxylation sites is 1. The summed E-state index contributed by atoms with van der Waals surface area (Å²) in [5.74, 6) is 0. The Bertz CT molecular complexity index is 1100. The fourth-order valence-electron chi connectivity index (χ4n) is 3.16. The van der Waals surface area contributed by atoms with Crippen LogP contribution in [-0.2, 0) is 10.0 Å². The standard InChI is InChI=1S/C23H25N3O3S/c1-17-13-14-22(18(2)15-17)30(28,29)24-16-21(19-9-5-3-6-10-19)26-23(27)25-20-11-7-4-8-12-20/h3-15,21,24H,16H2,1-2H3,(H2,25,26,27). The second-order valence-corrected chi connectivity index (χ2v) is 8.78. The lowest BCUT2D eigenvalue weighted by atomic mass is 10.1. The highest BCUT2D eigenvalue weighted by Gasteiger charge is 2.21. The van der Waals surface area contributed by atoms with Crippen LogP contribution in [0, 0.1) is 13.8 Å². The summed E-state index contributed by atoms with van der Waals surface area (Å²) in [4.78, 5) is 12.7. The van der Waals surface area contributed by atoms with Crippen molar-refractivity contribution in [3.05, 3.63) is 95.6 Å². The van der Waals surface area contributed by atoms with Crippen molar-refractivity contribution < 1.29 is 13.2 Å². The number of anilines is 1. The topological polar surface area (TPSA) is 87.3 Å². The predicted molar refractivity (Wildman–Crippen MR) is 119 cm³/mol. The summed E-state index contributed by atoms with van der Waals surface area (Å²) >= 11 is 0. The molecule has 0 heterocycles. The van der Waals surface area contributed by atoms with E-state index < -0.39 is 22.1 Å². The molecule has 0 bridgehead atoms. The molecule has 0 aromatic heterocycles. The third kappa shape index (κ3) is 5.68. The van der Waals surface area contributed by atoms with Gasteiger partial charge in [-0.15, -0.1) is 0 Å². The zero-order chi connectivity index (χ0) is 21.6. The molecule has 0 aliphatic heterocycles. The average Bonchev–Trinajstić information content (AvgIpc) is 2.72. The molecule has 156 valence electrons. The van der Waals surface area contributed by atoms with Crippen molar-refractivity contribution >= 4 is 21.7 Å². The molecule has 0 fully saturated rings. The molecule has 7 heteroatoms. The first kappa shape index (κ1) is 21.5. The highest BCUT2D eigenvalue weighted by molar-refractivity contribution is 7.89. The van der Waals surface area contributed by atoms with Crippen LogP contribution in [-0.4, -0.2) is 21.0 Å². The van der Waals surface area contributed by atoms with Crippen molar-refractivity contribution in [1.29, 1.82) is 0 Å². The number of carbonyl (C=O) groups is 1. The van der Waals surface area contributed by atoms with Gasteiger partial charge in [-0.3, -0.25) is 0 Å². The van der Waals surface area contributed by atoms with E-state index in [0.717, 1.165) is 11.1 Å². The number of hydrogen-bond acceptors (Lipinski definition) is 3. The van der Waals surface area contributed by atoms with Crippen LogP contribution in [0.2, 0.25) is 0 Å². The van der Waals surface area contributed by atoms with Gasteiger partial charge in [0.2, 0.25) is 10.0 Å². The molecule has 30 heavy (non-hydrogen) atoms. The summed E-state index contributed by atoms with van der Waals surface area (Å²) in [5, 5.41) is 5.61. The molecular formula is C23H25N3O3S. The Balaban J connectivity index is 1.75. The number of benzene rings is 3. The Morgan fingerprint density at radius 1 is 0.900 bits per heavy atom. The number of rotatable bonds is 7. The number of amides is 2. The van der Waals surface area contributed by atoms with E-state index in [4.69, 9.17) is 0 Å². The second kappa shape index (κ2) is 9.56. The van der Waals surface area contributed by atoms with Gasteiger partial charge in [0.05, 0.1) is 10.9 Å². The van der Waals surface area contributed by atoms with Gasteiger partial charge in [0, 0.05) is 12.2 Å². The van der Waals surface area contributed by atoms with E-state index in [-0.39, 0.29) is 11.4 Å². The monoisotopic (exact) mass is 423 g/mol. The molecular weight excluding hydrogens is 398 g/mol. The highest BCUT2D eigenvalue weighted by Crippen LogP contribution is 2.18. The second-order valence-electron chi connectivity index (χ2n) is 7.05. The maximum atomic E-state index is 12.8. The number of nitrogens with one attached hydrogen (secondary N) is 3. The summed E-state index contributed by atoms with van der Waals surface area (Å²) < 4.78 is 28.3. The van der Waals surface area contributed by atoms with Crippen LogP contribution in [0.15, 0.2) is 83.8 Å². The quantitative estimate of drug-likeness (QED) is 0.534. The molecule has 0 spiro atoms. The van der Waals surface area contributed by atoms with E-state index >= 15 is 0 Å². The zero-order valence-corrected chi connectivity index (χ0v) is 17.7. The van der Waals surface area contributed by atoms with Gasteiger partial charge in [-0.1, -0.05) is 66.2 Å². The van der Waals surface area contributed by atoms with Crippen LogP contribution in [0.4, 0.5) is 10.5 Å². The number of sulfonamides is 1. The normalized spacial score (nSPS) is 12.2. The largest absolute Gasteiger partial charge is 0.330 e. The predicted octanol–water partition coefficient (Wildman–Crippen LogP) is 4.14. The number of carbonyl (C=O) groups excluding carboxylic acids is 1. The summed E-state index contributed by atoms with van der Waals surface area (Å²) in [6.45, 7) is 3.70.